The number of nitrogens with zero attached hydrogens (tertiary/aromatic N) is 3. The Hall–Kier alpha value is -3.50. The Kier molecular flexibility index (Phi) is 8.09. The van der Waals surface area contributed by atoms with Gasteiger partial charge in [-0.1, -0.05) is 30.3 Å². The number of sulfonamides is 1. The standard InChI is InChI=1S/C27H29F2N3O4S/c1-30(13-12-20-6-4-3-5-7-20)37(34,35)22-9-11-26(36-2)25(19-22)31-14-16-32(17-15-31)27(33)23-18-21(28)8-10-24(23)29/h3-11,18-19H,12-17H2,1-2H3. The summed E-state index contributed by atoms with van der Waals surface area (Å²) >= 11 is 0. The van der Waals surface area contributed by atoms with Crippen molar-refractivity contribution < 1.29 is 26.7 Å². The van der Waals surface area contributed by atoms with Gasteiger partial charge in [-0.25, -0.2) is 21.5 Å². The molecule has 0 bridgehead atoms. The van der Waals surface area contributed by atoms with Gasteiger partial charge in [0.1, 0.15) is 17.4 Å². The zero-order chi connectivity index (χ0) is 26.6. The number of piperazine rings is 1. The molecule has 7 nitrogen and oxygen atoms in total. The van der Waals surface area contributed by atoms with Crippen LogP contribution in [0.3, 0.4) is 0 Å². The van der Waals surface area contributed by atoms with Crippen LogP contribution < -0.4 is 9.64 Å². The lowest BCUT2D eigenvalue weighted by Crippen LogP contribution is -2.49. The van der Waals surface area contributed by atoms with Crippen molar-refractivity contribution >= 4 is 21.6 Å². The van der Waals surface area contributed by atoms with E-state index in [-0.39, 0.29) is 23.5 Å². The zero-order valence-electron chi connectivity index (χ0n) is 20.7. The van der Waals surface area contributed by atoms with Crippen molar-refractivity contribution in [3.8, 4) is 5.75 Å². The second kappa shape index (κ2) is 11.3. The lowest BCUT2D eigenvalue weighted by Gasteiger charge is -2.37. The minimum Gasteiger partial charge on any atom is -0.495 e. The third-order valence-corrected chi connectivity index (χ3v) is 8.34. The number of rotatable bonds is 8. The third-order valence-electron chi connectivity index (χ3n) is 6.48. The van der Waals surface area contributed by atoms with E-state index in [9.17, 15) is 22.0 Å². The van der Waals surface area contributed by atoms with Crippen molar-refractivity contribution in [3.05, 3.63) is 89.5 Å². The van der Waals surface area contributed by atoms with E-state index in [1.165, 1.54) is 22.4 Å². The minimum atomic E-state index is -3.75. The molecule has 3 aromatic carbocycles. The lowest BCUT2D eigenvalue weighted by molar-refractivity contribution is 0.0741. The molecule has 3 aromatic rings. The highest BCUT2D eigenvalue weighted by Gasteiger charge is 2.28. The fraction of sp³-hybridized carbons (Fsp3) is 0.296. The van der Waals surface area contributed by atoms with E-state index >= 15 is 0 Å². The van der Waals surface area contributed by atoms with Crippen LogP contribution in [0.1, 0.15) is 15.9 Å². The smallest absolute Gasteiger partial charge is 0.257 e. The first-order chi connectivity index (χ1) is 17.7. The molecule has 1 amide bonds. The summed E-state index contributed by atoms with van der Waals surface area (Å²) in [7, 11) is -0.696. The molecule has 1 aliphatic heterocycles. The van der Waals surface area contributed by atoms with Gasteiger partial charge in [0.25, 0.3) is 5.91 Å². The van der Waals surface area contributed by atoms with E-state index in [0.717, 1.165) is 23.8 Å². The quantitative estimate of drug-likeness (QED) is 0.444. The summed E-state index contributed by atoms with van der Waals surface area (Å²) in [6.07, 6.45) is 0.585. The zero-order valence-corrected chi connectivity index (χ0v) is 21.5. The molecule has 10 heteroatoms. The minimum absolute atomic E-state index is 0.138. The molecule has 0 radical (unpaired) electrons. The van der Waals surface area contributed by atoms with Crippen molar-refractivity contribution in [1.29, 1.82) is 0 Å². The number of carbonyl (C=O) groups is 1. The number of likely N-dealkylation sites (N-methyl/N-ethyl adjacent to an activating group) is 1. The number of benzene rings is 3. The highest BCUT2D eigenvalue weighted by atomic mass is 32.2. The summed E-state index contributed by atoms with van der Waals surface area (Å²) in [6.45, 7) is 1.57. The van der Waals surface area contributed by atoms with Gasteiger partial charge in [0.05, 0.1) is 23.3 Å². The molecular formula is C27H29F2N3O4S. The largest absolute Gasteiger partial charge is 0.495 e. The maximum absolute atomic E-state index is 14.1. The van der Waals surface area contributed by atoms with Gasteiger partial charge in [0, 0.05) is 39.8 Å². The molecule has 1 saturated heterocycles. The Balaban J connectivity index is 1.48. The second-order valence-corrected chi connectivity index (χ2v) is 10.8. The van der Waals surface area contributed by atoms with Crippen LogP contribution in [0.4, 0.5) is 14.5 Å². The van der Waals surface area contributed by atoms with E-state index in [2.05, 4.69) is 0 Å². The van der Waals surface area contributed by atoms with Crippen LogP contribution in [0.25, 0.3) is 0 Å². The van der Waals surface area contributed by atoms with Crippen LogP contribution in [-0.4, -0.2) is 70.4 Å². The Labute approximate surface area is 215 Å². The second-order valence-electron chi connectivity index (χ2n) is 8.80. The van der Waals surface area contributed by atoms with Gasteiger partial charge in [-0.15, -0.1) is 0 Å². The summed E-state index contributed by atoms with van der Waals surface area (Å²) in [5.41, 5.74) is 1.33. The van der Waals surface area contributed by atoms with E-state index in [1.807, 2.05) is 35.2 Å². The van der Waals surface area contributed by atoms with E-state index in [0.29, 0.717) is 37.5 Å². The molecule has 0 spiro atoms. The Morgan fingerprint density at radius 2 is 1.68 bits per heavy atom. The monoisotopic (exact) mass is 529 g/mol. The molecule has 196 valence electrons. The predicted octanol–water partition coefficient (Wildman–Crippen LogP) is 3.80. The van der Waals surface area contributed by atoms with Crippen LogP contribution in [0.5, 0.6) is 5.75 Å². The average Bonchev–Trinajstić information content (AvgIpc) is 2.92. The number of ether oxygens (including phenoxy) is 1. The van der Waals surface area contributed by atoms with Gasteiger partial charge in [0.15, 0.2) is 0 Å². The van der Waals surface area contributed by atoms with Gasteiger partial charge in [-0.3, -0.25) is 4.79 Å². The van der Waals surface area contributed by atoms with Gasteiger partial charge in [0.2, 0.25) is 10.0 Å². The van der Waals surface area contributed by atoms with Crippen LogP contribution in [0, 0.1) is 11.6 Å². The molecule has 1 fully saturated rings. The lowest BCUT2D eigenvalue weighted by atomic mass is 10.1. The molecule has 0 aromatic heterocycles. The summed E-state index contributed by atoms with van der Waals surface area (Å²) in [4.78, 5) is 16.3. The topological polar surface area (TPSA) is 70.2 Å². The molecule has 0 unspecified atom stereocenters. The van der Waals surface area contributed by atoms with Crippen LogP contribution in [0.2, 0.25) is 0 Å². The molecule has 37 heavy (non-hydrogen) atoms. The van der Waals surface area contributed by atoms with Crippen molar-refractivity contribution in [2.45, 2.75) is 11.3 Å². The number of hydrogen-bond acceptors (Lipinski definition) is 5. The number of methoxy groups -OCH3 is 1. The van der Waals surface area contributed by atoms with Crippen molar-refractivity contribution in [2.75, 3.05) is 51.8 Å². The summed E-state index contributed by atoms with van der Waals surface area (Å²) in [5, 5.41) is 0. The van der Waals surface area contributed by atoms with Gasteiger partial charge in [-0.05, 0) is 48.4 Å². The number of anilines is 1. The highest BCUT2D eigenvalue weighted by molar-refractivity contribution is 7.89. The van der Waals surface area contributed by atoms with Crippen molar-refractivity contribution in [1.82, 2.24) is 9.21 Å². The predicted molar refractivity (Wildman–Crippen MR) is 137 cm³/mol. The molecule has 1 aliphatic rings. The third kappa shape index (κ3) is 5.91. The SMILES string of the molecule is COc1ccc(S(=O)(=O)N(C)CCc2ccccc2)cc1N1CCN(C(=O)c2cc(F)ccc2F)CC1. The maximum atomic E-state index is 14.1. The Morgan fingerprint density at radius 3 is 2.35 bits per heavy atom. The Morgan fingerprint density at radius 1 is 0.973 bits per heavy atom. The van der Waals surface area contributed by atoms with E-state index in [1.54, 1.807) is 19.2 Å². The molecule has 0 saturated carbocycles. The first-order valence-electron chi connectivity index (χ1n) is 11.9. The molecule has 0 atom stereocenters. The normalized spacial score (nSPS) is 14.2. The maximum Gasteiger partial charge on any atom is 0.257 e. The number of hydrogen-bond donors (Lipinski definition) is 0. The molecule has 4 rings (SSSR count). The highest BCUT2D eigenvalue weighted by Crippen LogP contribution is 2.33. The first kappa shape index (κ1) is 26.6. The molecule has 0 N–H and O–H groups in total. The first-order valence-corrected chi connectivity index (χ1v) is 13.3. The Bertz CT molecular complexity index is 1360. The van der Waals surface area contributed by atoms with Gasteiger partial charge < -0.3 is 14.5 Å². The average molecular weight is 530 g/mol. The van der Waals surface area contributed by atoms with E-state index in [4.69, 9.17) is 4.74 Å². The van der Waals surface area contributed by atoms with Crippen LogP contribution >= 0.6 is 0 Å². The fourth-order valence-electron chi connectivity index (χ4n) is 4.29. The molecule has 0 aliphatic carbocycles. The summed E-state index contributed by atoms with van der Waals surface area (Å²) in [6, 6.07) is 17.2. The van der Waals surface area contributed by atoms with Crippen LogP contribution in [0.15, 0.2) is 71.6 Å². The van der Waals surface area contributed by atoms with Gasteiger partial charge >= 0.3 is 0 Å². The van der Waals surface area contributed by atoms with E-state index < -0.39 is 27.6 Å². The number of amides is 1. The van der Waals surface area contributed by atoms with Gasteiger partial charge in [-0.2, -0.15) is 0 Å². The fourth-order valence-corrected chi connectivity index (χ4v) is 5.48. The van der Waals surface area contributed by atoms with Crippen LogP contribution in [-0.2, 0) is 16.4 Å². The summed E-state index contributed by atoms with van der Waals surface area (Å²) < 4.78 is 61.0. The number of carbonyl (C=O) groups excluding carboxylic acids is 1. The molecular weight excluding hydrogens is 500 g/mol. The molecule has 1 heterocycles. The number of halogens is 2. The van der Waals surface area contributed by atoms with Crippen molar-refractivity contribution in [3.63, 3.8) is 0 Å². The van der Waals surface area contributed by atoms with Crippen molar-refractivity contribution in [2.24, 2.45) is 0 Å². The summed E-state index contributed by atoms with van der Waals surface area (Å²) in [5.74, 6) is -1.54.